The van der Waals surface area contributed by atoms with E-state index in [1.54, 1.807) is 31.1 Å². The number of aromatic nitrogens is 2. The highest BCUT2D eigenvalue weighted by atomic mass is 35.5. The van der Waals surface area contributed by atoms with Crippen LogP contribution in [0.15, 0.2) is 30.0 Å². The normalized spacial score (nSPS) is 17.2. The molecule has 0 saturated heterocycles. The lowest BCUT2D eigenvalue weighted by Crippen LogP contribution is -2.33. The van der Waals surface area contributed by atoms with E-state index in [4.69, 9.17) is 16.3 Å². The van der Waals surface area contributed by atoms with E-state index in [9.17, 15) is 9.59 Å². The molecule has 5 rings (SSSR count). The van der Waals surface area contributed by atoms with Crippen molar-refractivity contribution in [1.82, 2.24) is 19.8 Å². The molecule has 0 atom stereocenters. The average Bonchev–Trinajstić information content (AvgIpc) is 3.80. The van der Waals surface area contributed by atoms with Gasteiger partial charge in [0.25, 0.3) is 11.7 Å². The van der Waals surface area contributed by atoms with Crippen LogP contribution in [0.3, 0.4) is 0 Å². The lowest BCUT2D eigenvalue weighted by Gasteiger charge is -2.22. The molecule has 8 nitrogen and oxygen atoms in total. The Hall–Kier alpha value is -3.66. The highest BCUT2D eigenvalue weighted by Gasteiger charge is 2.52. The Balaban J connectivity index is 1.52. The van der Waals surface area contributed by atoms with E-state index < -0.39 is 5.41 Å². The standard InChI is InChI=1S/C26H22ClN5O3S/c1-32(2)24(34)26(10-11-26)16-7-8-17(18(12-16)19-13-21(27)28-14-20(19)35-3)23(33)29-25-31-30-22(36-25)9-6-15-4-5-15/h7-8,12-13,15H,4-5,10-11H2,1-3H3/p+1. The quantitative estimate of drug-likeness (QED) is 0.466. The smallest absolute Gasteiger partial charge is 0.410 e. The van der Waals surface area contributed by atoms with Gasteiger partial charge >= 0.3 is 11.0 Å². The second-order valence-electron chi connectivity index (χ2n) is 9.09. The van der Waals surface area contributed by atoms with Crippen LogP contribution in [-0.2, 0) is 14.9 Å². The molecule has 1 N–H and O–H groups in total. The van der Waals surface area contributed by atoms with Gasteiger partial charge in [0, 0.05) is 42.8 Å². The lowest BCUT2D eigenvalue weighted by atomic mass is 9.88. The maximum atomic E-state index is 13.4. The molecule has 2 saturated carbocycles. The van der Waals surface area contributed by atoms with Crippen molar-refractivity contribution in [3.8, 4) is 11.8 Å². The maximum Gasteiger partial charge on any atom is 0.410 e. The highest BCUT2D eigenvalue weighted by molar-refractivity contribution is 7.15. The van der Waals surface area contributed by atoms with E-state index in [0.717, 1.165) is 31.2 Å². The van der Waals surface area contributed by atoms with Gasteiger partial charge in [-0.15, -0.1) is 10.2 Å². The van der Waals surface area contributed by atoms with Gasteiger partial charge in [-0.05, 0) is 59.5 Å². The first-order valence-corrected chi connectivity index (χ1v) is 12.7. The number of carbonyl (C=O) groups excluding carboxylic acids is 2. The number of nitrogens with one attached hydrogen (secondary N) is 1. The van der Waals surface area contributed by atoms with Gasteiger partial charge < -0.3 is 9.64 Å². The number of ether oxygens (including phenoxy) is 1. The molecule has 3 aliphatic rings. The highest BCUT2D eigenvalue weighted by Crippen LogP contribution is 2.50. The fourth-order valence-electron chi connectivity index (χ4n) is 4.06. The van der Waals surface area contributed by atoms with E-state index in [-0.39, 0.29) is 17.0 Å². The summed E-state index contributed by atoms with van der Waals surface area (Å²) in [5.74, 6) is 9.36. The molecule has 0 unspecified atom stereocenters. The van der Waals surface area contributed by atoms with E-state index in [1.807, 2.05) is 12.1 Å². The summed E-state index contributed by atoms with van der Waals surface area (Å²) in [6.07, 6.45) is 5.34. The van der Waals surface area contributed by atoms with Gasteiger partial charge in [-0.25, -0.2) is 0 Å². The van der Waals surface area contributed by atoms with Gasteiger partial charge in [-0.2, -0.15) is 0 Å². The van der Waals surface area contributed by atoms with Crippen molar-refractivity contribution in [2.24, 2.45) is 5.92 Å². The van der Waals surface area contributed by atoms with Crippen molar-refractivity contribution >= 4 is 56.5 Å². The third kappa shape index (κ3) is 4.73. The van der Waals surface area contributed by atoms with Crippen LogP contribution in [0.1, 0.15) is 52.2 Å². The van der Waals surface area contributed by atoms with Crippen molar-refractivity contribution in [3.05, 3.63) is 51.7 Å². The van der Waals surface area contributed by atoms with Crippen molar-refractivity contribution in [2.75, 3.05) is 26.5 Å². The Morgan fingerprint density at radius 1 is 1.31 bits per heavy atom. The Morgan fingerprint density at radius 3 is 2.75 bits per heavy atom. The Labute approximate surface area is 217 Å². The van der Waals surface area contributed by atoms with Crippen LogP contribution in [0.25, 0.3) is 5.57 Å². The summed E-state index contributed by atoms with van der Waals surface area (Å²) in [6, 6.07) is 5.40. The van der Waals surface area contributed by atoms with Crippen LogP contribution in [0.2, 0.25) is 0 Å². The zero-order valence-corrected chi connectivity index (χ0v) is 21.6. The van der Waals surface area contributed by atoms with Crippen molar-refractivity contribution in [2.45, 2.75) is 31.1 Å². The predicted octanol–water partition coefficient (Wildman–Crippen LogP) is 2.97. The molecule has 2 aromatic rings. The summed E-state index contributed by atoms with van der Waals surface area (Å²) >= 11 is 7.41. The minimum atomic E-state index is -0.602. The number of rotatable bonds is 6. The molecule has 1 aliphatic heterocycles. The van der Waals surface area contributed by atoms with Crippen LogP contribution >= 0.6 is 22.9 Å². The molecule has 10 heteroatoms. The number of hydrogen-bond acceptors (Lipinski definition) is 6. The zero-order valence-electron chi connectivity index (χ0n) is 20.0. The topological polar surface area (TPSA) is 98.5 Å². The fraction of sp³-hybridized carbons (Fsp3) is 0.346. The molecule has 2 fully saturated rings. The number of halogens is 1. The van der Waals surface area contributed by atoms with Crippen molar-refractivity contribution in [3.63, 3.8) is 0 Å². The SMILES string of the molecule is COC1=C=[N+]=C(Cl)C=C1c1cc(C2(C(=O)N(C)C)CC2)ccc1C(=O)Nc1nnc(C#CC2CC2)s1. The van der Waals surface area contributed by atoms with Gasteiger partial charge in [-0.1, -0.05) is 23.3 Å². The van der Waals surface area contributed by atoms with Crippen molar-refractivity contribution < 1.29 is 14.3 Å². The van der Waals surface area contributed by atoms with Crippen LogP contribution in [0.4, 0.5) is 5.13 Å². The minimum Gasteiger partial charge on any atom is -0.484 e. The number of amides is 2. The molecular formula is C26H23ClN5O3S+. The minimum absolute atomic E-state index is 0.0330. The molecule has 2 amide bonds. The first-order valence-electron chi connectivity index (χ1n) is 11.5. The molecule has 36 heavy (non-hydrogen) atoms. The molecule has 2 heterocycles. The molecule has 1 aromatic heterocycles. The molecule has 0 radical (unpaired) electrons. The second-order valence-corrected chi connectivity index (χ2v) is 10.5. The molecule has 182 valence electrons. The fourth-order valence-corrected chi connectivity index (χ4v) is 4.81. The summed E-state index contributed by atoms with van der Waals surface area (Å²) in [4.78, 5) is 28.0. The third-order valence-electron chi connectivity index (χ3n) is 6.26. The van der Waals surface area contributed by atoms with Crippen LogP contribution in [0.5, 0.6) is 0 Å². The molecule has 2 aliphatic carbocycles. The Bertz CT molecular complexity index is 1470. The summed E-state index contributed by atoms with van der Waals surface area (Å²) in [5, 5.41) is 12.1. The largest absolute Gasteiger partial charge is 0.484 e. The van der Waals surface area contributed by atoms with Gasteiger partial charge in [0.05, 0.1) is 18.6 Å². The van der Waals surface area contributed by atoms with E-state index >= 15 is 0 Å². The summed E-state index contributed by atoms with van der Waals surface area (Å²) in [5.41, 5.74) is 1.69. The third-order valence-corrected chi connectivity index (χ3v) is 7.20. The van der Waals surface area contributed by atoms with E-state index in [2.05, 4.69) is 37.9 Å². The molecule has 1 aromatic carbocycles. The summed E-state index contributed by atoms with van der Waals surface area (Å²) in [7, 11) is 4.99. The number of carbonyl (C=O) groups is 2. The first-order chi connectivity index (χ1) is 17.3. The average molecular weight is 521 g/mol. The monoisotopic (exact) mass is 520 g/mol. The summed E-state index contributed by atoms with van der Waals surface area (Å²) < 4.78 is 9.44. The predicted molar refractivity (Wildman–Crippen MR) is 140 cm³/mol. The first kappa shape index (κ1) is 24.1. The van der Waals surface area contributed by atoms with Gasteiger partial charge in [0.2, 0.25) is 11.0 Å². The number of likely N-dealkylation sites (N-methyl/N-ethyl adjacent to an activating group) is 1. The zero-order chi connectivity index (χ0) is 25.4. The van der Waals surface area contributed by atoms with Crippen LogP contribution in [-0.4, -0.2) is 59.2 Å². The summed E-state index contributed by atoms with van der Waals surface area (Å²) in [6.45, 7) is 0. The number of benzene rings is 1. The van der Waals surface area contributed by atoms with Crippen LogP contribution < -0.4 is 9.98 Å². The van der Waals surface area contributed by atoms with E-state index in [0.29, 0.717) is 38.5 Å². The maximum absolute atomic E-state index is 13.4. The van der Waals surface area contributed by atoms with Gasteiger partial charge in [-0.3, -0.25) is 14.9 Å². The van der Waals surface area contributed by atoms with Crippen LogP contribution in [0, 0.1) is 17.8 Å². The number of hydrogen-bond donors (Lipinski definition) is 1. The molecule has 0 spiro atoms. The second kappa shape index (κ2) is 9.42. The number of nitrogens with zero attached hydrogens (tertiary/aromatic N) is 4. The van der Waals surface area contributed by atoms with Crippen molar-refractivity contribution in [1.29, 1.82) is 0 Å². The van der Waals surface area contributed by atoms with Gasteiger partial charge in [0.15, 0.2) is 5.01 Å². The number of methoxy groups -OCH3 is 1. The van der Waals surface area contributed by atoms with E-state index in [1.165, 1.54) is 18.4 Å². The lowest BCUT2D eigenvalue weighted by molar-refractivity contribution is -0.131. The Kier molecular flexibility index (Phi) is 6.29. The molecule has 0 bridgehead atoms. The molecular weight excluding hydrogens is 498 g/mol. The Morgan fingerprint density at radius 2 is 2.08 bits per heavy atom. The number of allylic oxidation sites excluding steroid dienone is 2. The number of anilines is 1. The van der Waals surface area contributed by atoms with Gasteiger partial charge in [0.1, 0.15) is 0 Å².